The molecule has 1 aromatic carbocycles. The lowest BCUT2D eigenvalue weighted by molar-refractivity contribution is -0.164. The Bertz CT molecular complexity index is 515. The van der Waals surface area contributed by atoms with E-state index in [2.05, 4.69) is 5.16 Å². The highest BCUT2D eigenvalue weighted by Crippen LogP contribution is 2.35. The summed E-state index contributed by atoms with van der Waals surface area (Å²) in [7, 11) is 0. The van der Waals surface area contributed by atoms with Gasteiger partial charge in [-0.05, 0) is 25.5 Å². The van der Waals surface area contributed by atoms with Gasteiger partial charge in [-0.15, -0.1) is 0 Å². The van der Waals surface area contributed by atoms with Crippen molar-refractivity contribution in [2.45, 2.75) is 25.9 Å². The van der Waals surface area contributed by atoms with E-state index in [1.54, 1.807) is 19.1 Å². The van der Waals surface area contributed by atoms with Gasteiger partial charge in [0.1, 0.15) is 0 Å². The largest absolute Gasteiger partial charge is 0.478 e. The lowest BCUT2D eigenvalue weighted by Crippen LogP contribution is -2.43. The number of oxime groups is 1. The van der Waals surface area contributed by atoms with E-state index < -0.39 is 11.6 Å². The minimum atomic E-state index is -1.30. The van der Waals surface area contributed by atoms with Crippen LogP contribution in [-0.2, 0) is 9.63 Å². The molecule has 4 nitrogen and oxygen atoms in total. The molecule has 0 amide bonds. The van der Waals surface area contributed by atoms with Crippen molar-refractivity contribution in [3.05, 3.63) is 34.9 Å². The molecular formula is C13H14ClNO3. The Morgan fingerprint density at radius 2 is 2.33 bits per heavy atom. The van der Waals surface area contributed by atoms with E-state index in [9.17, 15) is 9.90 Å². The Kier molecular flexibility index (Phi) is 3.30. The molecule has 0 radical (unpaired) electrons. The first-order chi connectivity index (χ1) is 8.49. The molecule has 18 heavy (non-hydrogen) atoms. The second-order valence-electron chi connectivity index (χ2n) is 4.45. The fourth-order valence-electron chi connectivity index (χ4n) is 2.20. The first-order valence-corrected chi connectivity index (χ1v) is 6.12. The third kappa shape index (κ3) is 1.97. The maximum absolute atomic E-state index is 11.3. The second-order valence-corrected chi connectivity index (χ2v) is 4.89. The van der Waals surface area contributed by atoms with E-state index in [0.29, 0.717) is 17.2 Å². The van der Waals surface area contributed by atoms with Gasteiger partial charge in [0.2, 0.25) is 5.60 Å². The molecule has 0 saturated carbocycles. The molecule has 1 aromatic rings. The van der Waals surface area contributed by atoms with Crippen LogP contribution >= 0.6 is 11.6 Å². The van der Waals surface area contributed by atoms with Crippen LogP contribution in [0.5, 0.6) is 0 Å². The number of carboxylic acid groups (broad SMARTS) is 1. The summed E-state index contributed by atoms with van der Waals surface area (Å²) in [4.78, 5) is 16.5. The van der Waals surface area contributed by atoms with Crippen molar-refractivity contribution in [3.8, 4) is 0 Å². The van der Waals surface area contributed by atoms with Gasteiger partial charge < -0.3 is 9.94 Å². The topological polar surface area (TPSA) is 58.9 Å². The van der Waals surface area contributed by atoms with Crippen LogP contribution in [0, 0.1) is 5.92 Å². The second kappa shape index (κ2) is 4.61. The first-order valence-electron chi connectivity index (χ1n) is 5.74. The standard InChI is InChI=1S/C13H14ClNO3/c1-3-10-11(8-5-4-6-9(14)7-8)15-18-13(10,2)12(16)17/h4-7,10H,3H2,1-2H3,(H,16,17). The lowest BCUT2D eigenvalue weighted by Gasteiger charge is -2.23. The quantitative estimate of drug-likeness (QED) is 0.916. The van der Waals surface area contributed by atoms with Gasteiger partial charge in [0.25, 0.3) is 0 Å². The maximum atomic E-state index is 11.3. The minimum Gasteiger partial charge on any atom is -0.478 e. The zero-order valence-corrected chi connectivity index (χ0v) is 10.9. The lowest BCUT2D eigenvalue weighted by atomic mass is 9.81. The molecule has 2 rings (SSSR count). The van der Waals surface area contributed by atoms with Crippen LogP contribution in [0.3, 0.4) is 0 Å². The smallest absolute Gasteiger partial charge is 0.351 e. The van der Waals surface area contributed by atoms with Gasteiger partial charge >= 0.3 is 5.97 Å². The van der Waals surface area contributed by atoms with Gasteiger partial charge in [0.05, 0.1) is 11.6 Å². The molecule has 2 unspecified atom stereocenters. The first kappa shape index (κ1) is 12.9. The zero-order chi connectivity index (χ0) is 13.3. The van der Waals surface area contributed by atoms with Gasteiger partial charge in [-0.1, -0.05) is 35.8 Å². The van der Waals surface area contributed by atoms with Gasteiger partial charge in [-0.25, -0.2) is 4.79 Å². The molecule has 0 aliphatic carbocycles. The van der Waals surface area contributed by atoms with Crippen LogP contribution in [0.2, 0.25) is 5.02 Å². The number of benzene rings is 1. The number of halogens is 1. The summed E-state index contributed by atoms with van der Waals surface area (Å²) >= 11 is 5.94. The molecule has 1 heterocycles. The average molecular weight is 268 g/mol. The number of aliphatic carboxylic acids is 1. The Balaban J connectivity index is 2.39. The van der Waals surface area contributed by atoms with Crippen molar-refractivity contribution < 1.29 is 14.7 Å². The highest BCUT2D eigenvalue weighted by atomic mass is 35.5. The van der Waals surface area contributed by atoms with Gasteiger partial charge in [-0.3, -0.25) is 0 Å². The molecule has 0 spiro atoms. The molecule has 1 N–H and O–H groups in total. The molecule has 0 fully saturated rings. The molecule has 2 atom stereocenters. The summed E-state index contributed by atoms with van der Waals surface area (Å²) in [6.45, 7) is 3.46. The fourth-order valence-corrected chi connectivity index (χ4v) is 2.40. The van der Waals surface area contributed by atoms with Crippen molar-refractivity contribution in [3.63, 3.8) is 0 Å². The molecule has 96 valence electrons. The van der Waals surface area contributed by atoms with Crippen LogP contribution in [-0.4, -0.2) is 22.4 Å². The zero-order valence-electron chi connectivity index (χ0n) is 10.2. The van der Waals surface area contributed by atoms with E-state index in [-0.39, 0.29) is 5.92 Å². The molecule has 5 heteroatoms. The summed E-state index contributed by atoms with van der Waals surface area (Å²) in [6, 6.07) is 7.19. The number of carboxylic acids is 1. The number of nitrogens with zero attached hydrogens (tertiary/aromatic N) is 1. The maximum Gasteiger partial charge on any atom is 0.351 e. The third-order valence-corrected chi connectivity index (χ3v) is 3.52. The van der Waals surface area contributed by atoms with Crippen LogP contribution < -0.4 is 0 Å². The number of rotatable bonds is 3. The predicted octanol–water partition coefficient (Wildman–Crippen LogP) is 2.94. The van der Waals surface area contributed by atoms with Crippen molar-refractivity contribution in [1.29, 1.82) is 0 Å². The summed E-state index contributed by atoms with van der Waals surface area (Å²) in [5.74, 6) is -1.29. The normalized spacial score (nSPS) is 26.6. The van der Waals surface area contributed by atoms with E-state index in [1.807, 2.05) is 19.1 Å². The Hall–Kier alpha value is -1.55. The molecule has 1 aliphatic heterocycles. The number of carbonyl (C=O) groups is 1. The third-order valence-electron chi connectivity index (χ3n) is 3.28. The molecular weight excluding hydrogens is 254 g/mol. The summed E-state index contributed by atoms with van der Waals surface area (Å²) < 4.78 is 0. The number of hydrogen-bond donors (Lipinski definition) is 1. The van der Waals surface area contributed by atoms with Crippen molar-refractivity contribution in [1.82, 2.24) is 0 Å². The molecule has 0 bridgehead atoms. The monoisotopic (exact) mass is 267 g/mol. The van der Waals surface area contributed by atoms with Crippen LogP contribution in [0.4, 0.5) is 0 Å². The van der Waals surface area contributed by atoms with Gasteiger partial charge in [0, 0.05) is 10.6 Å². The van der Waals surface area contributed by atoms with E-state index in [0.717, 1.165) is 5.56 Å². The van der Waals surface area contributed by atoms with E-state index in [4.69, 9.17) is 16.4 Å². The average Bonchev–Trinajstić information content (AvgIpc) is 2.67. The van der Waals surface area contributed by atoms with Crippen LogP contribution in [0.1, 0.15) is 25.8 Å². The Morgan fingerprint density at radius 3 is 2.89 bits per heavy atom. The van der Waals surface area contributed by atoms with Crippen LogP contribution in [0.25, 0.3) is 0 Å². The van der Waals surface area contributed by atoms with Gasteiger partial charge in [0.15, 0.2) is 0 Å². The summed E-state index contributed by atoms with van der Waals surface area (Å²) in [5, 5.41) is 13.8. The van der Waals surface area contributed by atoms with Gasteiger partial charge in [-0.2, -0.15) is 0 Å². The SMILES string of the molecule is CCC1C(c2cccc(Cl)c2)=NOC1(C)C(=O)O. The van der Waals surface area contributed by atoms with Crippen molar-refractivity contribution in [2.24, 2.45) is 11.1 Å². The summed E-state index contributed by atoms with van der Waals surface area (Å²) in [6.07, 6.45) is 0.633. The van der Waals surface area contributed by atoms with E-state index >= 15 is 0 Å². The molecule has 0 saturated heterocycles. The molecule has 0 aromatic heterocycles. The highest BCUT2D eigenvalue weighted by molar-refractivity contribution is 6.31. The Morgan fingerprint density at radius 1 is 1.61 bits per heavy atom. The molecule has 1 aliphatic rings. The fraction of sp³-hybridized carbons (Fsp3) is 0.385. The minimum absolute atomic E-state index is 0.284. The predicted molar refractivity (Wildman–Crippen MR) is 68.9 cm³/mol. The Labute approximate surface area is 110 Å². The summed E-state index contributed by atoms with van der Waals surface area (Å²) in [5.41, 5.74) is 0.149. The van der Waals surface area contributed by atoms with E-state index in [1.165, 1.54) is 0 Å². The van der Waals surface area contributed by atoms with Crippen LogP contribution in [0.15, 0.2) is 29.4 Å². The number of hydrogen-bond acceptors (Lipinski definition) is 3. The van der Waals surface area contributed by atoms with Crippen molar-refractivity contribution >= 4 is 23.3 Å². The van der Waals surface area contributed by atoms with Crippen molar-refractivity contribution in [2.75, 3.05) is 0 Å². The highest BCUT2D eigenvalue weighted by Gasteiger charge is 2.50.